The molecule has 18 heavy (non-hydrogen) atoms. The van der Waals surface area contributed by atoms with E-state index in [0.29, 0.717) is 17.8 Å². The summed E-state index contributed by atoms with van der Waals surface area (Å²) in [6.07, 6.45) is 0.560. The molecule has 0 fully saturated rings. The third-order valence-corrected chi connectivity index (χ3v) is 4.31. The van der Waals surface area contributed by atoms with E-state index in [9.17, 15) is 9.59 Å². The molecule has 0 aliphatic carbocycles. The molecule has 1 amide bonds. The summed E-state index contributed by atoms with van der Waals surface area (Å²) in [6, 6.07) is 1.90. The van der Waals surface area contributed by atoms with E-state index in [2.05, 4.69) is 15.9 Å². The predicted octanol–water partition coefficient (Wildman–Crippen LogP) is 3.23. The van der Waals surface area contributed by atoms with E-state index in [1.54, 1.807) is 4.90 Å². The van der Waals surface area contributed by atoms with Crippen LogP contribution in [0.4, 0.5) is 0 Å². The van der Waals surface area contributed by atoms with E-state index >= 15 is 0 Å². The molecule has 4 nitrogen and oxygen atoms in total. The van der Waals surface area contributed by atoms with Crippen LogP contribution < -0.4 is 0 Å². The Bertz CT molecular complexity index is 431. The molecule has 100 valence electrons. The summed E-state index contributed by atoms with van der Waals surface area (Å²) in [5.41, 5.74) is 0. The number of halogens is 1. The van der Waals surface area contributed by atoms with Gasteiger partial charge in [0.1, 0.15) is 4.88 Å². The van der Waals surface area contributed by atoms with Gasteiger partial charge in [-0.15, -0.1) is 11.3 Å². The monoisotopic (exact) mass is 333 g/mol. The number of rotatable bonds is 6. The van der Waals surface area contributed by atoms with E-state index in [-0.39, 0.29) is 18.4 Å². The maximum atomic E-state index is 12.3. The van der Waals surface area contributed by atoms with E-state index in [0.717, 1.165) is 4.47 Å². The molecule has 0 bridgehead atoms. The molecule has 6 heteroatoms. The Labute approximate surface area is 119 Å². The van der Waals surface area contributed by atoms with Gasteiger partial charge in [-0.05, 0) is 47.6 Å². The van der Waals surface area contributed by atoms with Gasteiger partial charge in [-0.1, -0.05) is 0 Å². The second-order valence-corrected chi connectivity index (χ2v) is 5.96. The van der Waals surface area contributed by atoms with Crippen molar-refractivity contribution in [1.82, 2.24) is 4.90 Å². The van der Waals surface area contributed by atoms with Crippen molar-refractivity contribution in [3.05, 3.63) is 20.8 Å². The lowest BCUT2D eigenvalue weighted by atomic mass is 10.2. The van der Waals surface area contributed by atoms with Crippen molar-refractivity contribution in [2.45, 2.75) is 32.7 Å². The van der Waals surface area contributed by atoms with Crippen LogP contribution in [0.5, 0.6) is 0 Å². The van der Waals surface area contributed by atoms with E-state index in [1.165, 1.54) is 11.3 Å². The second-order valence-electron chi connectivity index (χ2n) is 4.19. The Kier molecular flexibility index (Phi) is 5.81. The lowest BCUT2D eigenvalue weighted by Crippen LogP contribution is -2.37. The number of carboxylic acid groups (broad SMARTS) is 1. The smallest absolute Gasteiger partial charge is 0.303 e. The van der Waals surface area contributed by atoms with Gasteiger partial charge >= 0.3 is 5.97 Å². The summed E-state index contributed by atoms with van der Waals surface area (Å²) < 4.78 is 0.793. The van der Waals surface area contributed by atoms with Gasteiger partial charge in [-0.3, -0.25) is 9.59 Å². The van der Waals surface area contributed by atoms with Gasteiger partial charge in [0.15, 0.2) is 0 Å². The third-order valence-electron chi connectivity index (χ3n) is 2.49. The molecule has 0 saturated heterocycles. The highest BCUT2D eigenvalue weighted by Gasteiger charge is 2.21. The van der Waals surface area contributed by atoms with Gasteiger partial charge in [0.25, 0.3) is 5.91 Å². The van der Waals surface area contributed by atoms with Crippen LogP contribution in [0.25, 0.3) is 0 Å². The van der Waals surface area contributed by atoms with Crippen LogP contribution >= 0.6 is 27.3 Å². The minimum Gasteiger partial charge on any atom is -0.481 e. The molecule has 0 spiro atoms. The maximum Gasteiger partial charge on any atom is 0.303 e. The number of carbonyl (C=O) groups is 2. The quantitative estimate of drug-likeness (QED) is 0.869. The molecular formula is C12H16BrNO3S. The summed E-state index contributed by atoms with van der Waals surface area (Å²) in [5.74, 6) is -0.874. The summed E-state index contributed by atoms with van der Waals surface area (Å²) in [4.78, 5) is 25.2. The van der Waals surface area contributed by atoms with Crippen molar-refractivity contribution < 1.29 is 14.7 Å². The summed E-state index contributed by atoms with van der Waals surface area (Å²) in [7, 11) is 0. The summed E-state index contributed by atoms with van der Waals surface area (Å²) in [6.45, 7) is 4.33. The molecule has 0 saturated carbocycles. The Morgan fingerprint density at radius 2 is 2.17 bits per heavy atom. The highest BCUT2D eigenvalue weighted by Crippen LogP contribution is 2.25. The van der Waals surface area contributed by atoms with Gasteiger partial charge in [0.2, 0.25) is 0 Å². The molecule has 0 aromatic carbocycles. The van der Waals surface area contributed by atoms with Gasteiger partial charge in [0.05, 0.1) is 0 Å². The van der Waals surface area contributed by atoms with Crippen LogP contribution in [-0.4, -0.2) is 34.5 Å². The fourth-order valence-corrected chi connectivity index (χ4v) is 3.07. The molecule has 0 aliphatic rings. The van der Waals surface area contributed by atoms with Crippen molar-refractivity contribution >= 4 is 39.1 Å². The van der Waals surface area contributed by atoms with E-state index in [4.69, 9.17) is 5.11 Å². The molecule has 1 heterocycles. The van der Waals surface area contributed by atoms with Crippen LogP contribution in [0.2, 0.25) is 0 Å². The summed E-state index contributed by atoms with van der Waals surface area (Å²) >= 11 is 4.73. The molecule has 0 unspecified atom stereocenters. The maximum absolute atomic E-state index is 12.3. The van der Waals surface area contributed by atoms with Crippen LogP contribution in [0.3, 0.4) is 0 Å². The highest BCUT2D eigenvalue weighted by molar-refractivity contribution is 9.10. The predicted molar refractivity (Wildman–Crippen MR) is 75.1 cm³/mol. The first-order chi connectivity index (χ1) is 8.43. The normalized spacial score (nSPS) is 10.7. The molecule has 1 aromatic heterocycles. The second kappa shape index (κ2) is 6.89. The number of hydrogen-bond donors (Lipinski definition) is 1. The average molecular weight is 334 g/mol. The minimum atomic E-state index is -0.830. The molecule has 0 atom stereocenters. The van der Waals surface area contributed by atoms with Gasteiger partial charge in [-0.2, -0.15) is 0 Å². The van der Waals surface area contributed by atoms with E-state index < -0.39 is 5.97 Å². The molecule has 0 aliphatic heterocycles. The standard InChI is InChI=1S/C12H16BrNO3S/c1-8(2)14(6-3-4-10(15)16)12(17)11-9(13)5-7-18-11/h5,7-8H,3-4,6H2,1-2H3,(H,15,16). The Morgan fingerprint density at radius 1 is 1.50 bits per heavy atom. The third kappa shape index (κ3) is 4.10. The van der Waals surface area contributed by atoms with Crippen molar-refractivity contribution in [2.24, 2.45) is 0 Å². The van der Waals surface area contributed by atoms with E-state index in [1.807, 2.05) is 25.3 Å². The topological polar surface area (TPSA) is 57.6 Å². The Hall–Kier alpha value is -0.880. The largest absolute Gasteiger partial charge is 0.481 e. The number of aliphatic carboxylic acids is 1. The van der Waals surface area contributed by atoms with Crippen molar-refractivity contribution in [3.8, 4) is 0 Å². The Balaban J connectivity index is 2.70. The zero-order chi connectivity index (χ0) is 13.7. The van der Waals surface area contributed by atoms with Crippen LogP contribution in [-0.2, 0) is 4.79 Å². The first kappa shape index (κ1) is 15.2. The van der Waals surface area contributed by atoms with Crippen molar-refractivity contribution in [1.29, 1.82) is 0 Å². The number of nitrogens with zero attached hydrogens (tertiary/aromatic N) is 1. The highest BCUT2D eigenvalue weighted by atomic mass is 79.9. The average Bonchev–Trinajstić information content (AvgIpc) is 2.69. The van der Waals surface area contributed by atoms with Crippen LogP contribution in [0, 0.1) is 0 Å². The number of thiophene rings is 1. The van der Waals surface area contributed by atoms with Crippen molar-refractivity contribution in [2.75, 3.05) is 6.54 Å². The zero-order valence-corrected chi connectivity index (χ0v) is 12.8. The fraction of sp³-hybridized carbons (Fsp3) is 0.500. The molecule has 1 N–H and O–H groups in total. The summed E-state index contributed by atoms with van der Waals surface area (Å²) in [5, 5.41) is 10.5. The zero-order valence-electron chi connectivity index (χ0n) is 10.4. The van der Waals surface area contributed by atoms with Crippen molar-refractivity contribution in [3.63, 3.8) is 0 Å². The minimum absolute atomic E-state index is 0.0442. The number of carbonyl (C=O) groups excluding carboxylic acids is 1. The first-order valence-corrected chi connectivity index (χ1v) is 7.36. The SMILES string of the molecule is CC(C)N(CCCC(=O)O)C(=O)c1sccc1Br. The Morgan fingerprint density at radius 3 is 2.61 bits per heavy atom. The number of hydrogen-bond acceptors (Lipinski definition) is 3. The number of amides is 1. The van der Waals surface area contributed by atoms with Crippen LogP contribution in [0.1, 0.15) is 36.4 Å². The lowest BCUT2D eigenvalue weighted by Gasteiger charge is -2.26. The first-order valence-electron chi connectivity index (χ1n) is 5.69. The molecule has 0 radical (unpaired) electrons. The fourth-order valence-electron chi connectivity index (χ4n) is 1.57. The number of carboxylic acids is 1. The van der Waals surface area contributed by atoms with Crippen LogP contribution in [0.15, 0.2) is 15.9 Å². The van der Waals surface area contributed by atoms with Gasteiger partial charge < -0.3 is 10.0 Å². The molecule has 1 rings (SSSR count). The lowest BCUT2D eigenvalue weighted by molar-refractivity contribution is -0.137. The molecule has 1 aromatic rings. The van der Waals surface area contributed by atoms with Gasteiger partial charge in [0, 0.05) is 23.5 Å². The molecular weight excluding hydrogens is 318 g/mol. The van der Waals surface area contributed by atoms with Gasteiger partial charge in [-0.25, -0.2) is 0 Å².